The maximum Gasteiger partial charge on any atom is 0.338 e. The van der Waals surface area contributed by atoms with E-state index in [2.05, 4.69) is 27.4 Å². The Bertz CT molecular complexity index is 1250. The van der Waals surface area contributed by atoms with Crippen molar-refractivity contribution in [2.24, 2.45) is 0 Å². The number of rotatable bonds is 11. The number of esters is 1. The largest absolute Gasteiger partial charge is 0.462 e. The molecule has 2 amide bonds. The van der Waals surface area contributed by atoms with Crippen molar-refractivity contribution in [3.05, 3.63) is 83.2 Å². The van der Waals surface area contributed by atoms with E-state index in [0.29, 0.717) is 33.8 Å². The second-order valence-electron chi connectivity index (χ2n) is 7.55. The standard InChI is InChI=1S/C25H26ClN5O4S/c1-4-13-31-22(16(3)27-23(33)17-9-7-6-8-10-17)29-30-25(31)36-15-21(32)28-20-14-18(11-12-19(20)26)24(34)35-5-2/h4,6-12,14,16H,1,5,13,15H2,2-3H3,(H,27,33)(H,28,32). The van der Waals surface area contributed by atoms with Gasteiger partial charge in [-0.3, -0.25) is 9.59 Å². The van der Waals surface area contributed by atoms with Crippen molar-refractivity contribution in [1.82, 2.24) is 20.1 Å². The van der Waals surface area contributed by atoms with Gasteiger partial charge in [-0.2, -0.15) is 0 Å². The summed E-state index contributed by atoms with van der Waals surface area (Å²) in [5, 5.41) is 14.8. The van der Waals surface area contributed by atoms with Crippen LogP contribution in [0.3, 0.4) is 0 Å². The zero-order chi connectivity index (χ0) is 26.1. The van der Waals surface area contributed by atoms with E-state index in [-0.39, 0.29) is 29.7 Å². The van der Waals surface area contributed by atoms with Gasteiger partial charge in [-0.1, -0.05) is 47.6 Å². The summed E-state index contributed by atoms with van der Waals surface area (Å²) in [7, 11) is 0. The van der Waals surface area contributed by atoms with E-state index in [0.717, 1.165) is 0 Å². The Morgan fingerprint density at radius 1 is 1.17 bits per heavy atom. The molecule has 0 aliphatic rings. The van der Waals surface area contributed by atoms with Gasteiger partial charge in [-0.25, -0.2) is 4.79 Å². The first-order valence-corrected chi connectivity index (χ1v) is 12.5. The fraction of sp³-hybridized carbons (Fsp3) is 0.240. The van der Waals surface area contributed by atoms with Gasteiger partial charge in [-0.05, 0) is 44.2 Å². The first-order valence-electron chi connectivity index (χ1n) is 11.1. The number of anilines is 1. The summed E-state index contributed by atoms with van der Waals surface area (Å²) in [6.07, 6.45) is 1.68. The van der Waals surface area contributed by atoms with Crippen LogP contribution in [0.25, 0.3) is 0 Å². The van der Waals surface area contributed by atoms with Crippen LogP contribution in [0, 0.1) is 0 Å². The van der Waals surface area contributed by atoms with Crippen LogP contribution in [-0.4, -0.2) is 44.9 Å². The second kappa shape index (κ2) is 12.9. The highest BCUT2D eigenvalue weighted by Crippen LogP contribution is 2.25. The average molecular weight is 528 g/mol. The number of nitrogens with one attached hydrogen (secondary N) is 2. The molecule has 3 aromatic rings. The molecule has 0 aliphatic carbocycles. The molecular weight excluding hydrogens is 502 g/mol. The number of allylic oxidation sites excluding steroid dienone is 1. The summed E-state index contributed by atoms with van der Waals surface area (Å²) < 4.78 is 6.78. The zero-order valence-corrected chi connectivity index (χ0v) is 21.4. The van der Waals surface area contributed by atoms with E-state index in [9.17, 15) is 14.4 Å². The molecule has 0 radical (unpaired) electrons. The lowest BCUT2D eigenvalue weighted by Gasteiger charge is -2.15. The third-order valence-corrected chi connectivity index (χ3v) is 6.21. The van der Waals surface area contributed by atoms with E-state index in [1.165, 1.54) is 30.0 Å². The molecule has 1 unspecified atom stereocenters. The Morgan fingerprint density at radius 3 is 2.61 bits per heavy atom. The monoisotopic (exact) mass is 527 g/mol. The highest BCUT2D eigenvalue weighted by molar-refractivity contribution is 7.99. The Morgan fingerprint density at radius 2 is 1.92 bits per heavy atom. The molecule has 1 aromatic heterocycles. The van der Waals surface area contributed by atoms with E-state index in [1.807, 2.05) is 13.0 Å². The van der Waals surface area contributed by atoms with Gasteiger partial charge in [0.25, 0.3) is 5.91 Å². The summed E-state index contributed by atoms with van der Waals surface area (Å²) in [6, 6.07) is 13.0. The van der Waals surface area contributed by atoms with Gasteiger partial charge in [0.1, 0.15) is 0 Å². The van der Waals surface area contributed by atoms with Crippen LogP contribution in [0.4, 0.5) is 5.69 Å². The summed E-state index contributed by atoms with van der Waals surface area (Å²) in [5.74, 6) is -0.528. The molecule has 0 saturated heterocycles. The molecule has 11 heteroatoms. The Balaban J connectivity index is 1.67. The Kier molecular flexibility index (Phi) is 9.66. The SMILES string of the molecule is C=CCn1c(SCC(=O)Nc2cc(C(=O)OCC)ccc2Cl)nnc1C(C)NC(=O)c1ccccc1. The number of carbonyl (C=O) groups is 3. The van der Waals surface area contributed by atoms with Crippen LogP contribution in [-0.2, 0) is 16.1 Å². The molecule has 0 bridgehead atoms. The van der Waals surface area contributed by atoms with E-state index < -0.39 is 12.0 Å². The molecule has 0 saturated carbocycles. The number of benzene rings is 2. The minimum Gasteiger partial charge on any atom is -0.462 e. The van der Waals surface area contributed by atoms with Gasteiger partial charge >= 0.3 is 5.97 Å². The van der Waals surface area contributed by atoms with Crippen LogP contribution in [0.5, 0.6) is 0 Å². The average Bonchev–Trinajstić information content (AvgIpc) is 3.27. The molecule has 9 nitrogen and oxygen atoms in total. The predicted molar refractivity (Wildman–Crippen MR) is 139 cm³/mol. The molecule has 36 heavy (non-hydrogen) atoms. The first-order chi connectivity index (χ1) is 17.3. The minimum absolute atomic E-state index is 0.0139. The molecule has 3 rings (SSSR count). The lowest BCUT2D eigenvalue weighted by Crippen LogP contribution is -2.28. The topological polar surface area (TPSA) is 115 Å². The minimum atomic E-state index is -0.502. The molecule has 0 fully saturated rings. The van der Waals surface area contributed by atoms with Gasteiger partial charge in [0.05, 0.1) is 34.7 Å². The summed E-state index contributed by atoms with van der Waals surface area (Å²) in [6.45, 7) is 7.93. The fourth-order valence-corrected chi connectivity index (χ4v) is 4.16. The van der Waals surface area contributed by atoms with E-state index in [1.54, 1.807) is 41.8 Å². The highest BCUT2D eigenvalue weighted by Gasteiger charge is 2.21. The number of carbonyl (C=O) groups excluding carboxylic acids is 3. The molecule has 0 spiro atoms. The molecule has 1 heterocycles. The molecule has 0 aliphatic heterocycles. The van der Waals surface area contributed by atoms with Crippen LogP contribution < -0.4 is 10.6 Å². The zero-order valence-electron chi connectivity index (χ0n) is 19.9. The van der Waals surface area contributed by atoms with Crippen molar-refractivity contribution in [3.63, 3.8) is 0 Å². The first kappa shape index (κ1) is 27.0. The molecule has 2 N–H and O–H groups in total. The van der Waals surface area contributed by atoms with Crippen molar-refractivity contribution >= 4 is 46.8 Å². The number of hydrogen-bond acceptors (Lipinski definition) is 7. The van der Waals surface area contributed by atoms with Gasteiger partial charge in [0.15, 0.2) is 11.0 Å². The molecular formula is C25H26ClN5O4S. The van der Waals surface area contributed by atoms with Crippen molar-refractivity contribution in [1.29, 1.82) is 0 Å². The predicted octanol–water partition coefficient (Wildman–Crippen LogP) is 4.52. The maximum atomic E-state index is 12.6. The lowest BCUT2D eigenvalue weighted by atomic mass is 10.2. The number of thioether (sulfide) groups is 1. The number of halogens is 1. The normalized spacial score (nSPS) is 11.4. The number of nitrogens with zero attached hydrogens (tertiary/aromatic N) is 3. The third-order valence-electron chi connectivity index (χ3n) is 4.91. The van der Waals surface area contributed by atoms with E-state index >= 15 is 0 Å². The van der Waals surface area contributed by atoms with E-state index in [4.69, 9.17) is 16.3 Å². The van der Waals surface area contributed by atoms with Gasteiger partial charge < -0.3 is 19.9 Å². The van der Waals surface area contributed by atoms with Crippen molar-refractivity contribution < 1.29 is 19.1 Å². The number of ether oxygens (including phenoxy) is 1. The van der Waals surface area contributed by atoms with Gasteiger partial charge in [-0.15, -0.1) is 16.8 Å². The Labute approximate surface area is 218 Å². The Hall–Kier alpha value is -3.63. The van der Waals surface area contributed by atoms with Crippen molar-refractivity contribution in [2.45, 2.75) is 31.6 Å². The highest BCUT2D eigenvalue weighted by atomic mass is 35.5. The number of hydrogen-bond donors (Lipinski definition) is 2. The lowest BCUT2D eigenvalue weighted by molar-refractivity contribution is -0.113. The van der Waals surface area contributed by atoms with Crippen molar-refractivity contribution in [3.8, 4) is 0 Å². The quantitative estimate of drug-likeness (QED) is 0.214. The third kappa shape index (κ3) is 6.96. The van der Waals surface area contributed by atoms with Crippen LogP contribution in [0.1, 0.15) is 46.4 Å². The summed E-state index contributed by atoms with van der Waals surface area (Å²) in [4.78, 5) is 37.1. The van der Waals surface area contributed by atoms with Crippen LogP contribution >= 0.6 is 23.4 Å². The number of aromatic nitrogens is 3. The molecule has 2 aromatic carbocycles. The fourth-order valence-electron chi connectivity index (χ4n) is 3.24. The molecule has 188 valence electrons. The van der Waals surface area contributed by atoms with Gasteiger partial charge in [0.2, 0.25) is 5.91 Å². The van der Waals surface area contributed by atoms with Gasteiger partial charge in [0, 0.05) is 12.1 Å². The number of amides is 2. The molecule has 1 atom stereocenters. The second-order valence-corrected chi connectivity index (χ2v) is 8.90. The maximum absolute atomic E-state index is 12.6. The summed E-state index contributed by atoms with van der Waals surface area (Å²) >= 11 is 7.36. The smallest absolute Gasteiger partial charge is 0.338 e. The summed E-state index contributed by atoms with van der Waals surface area (Å²) in [5.41, 5.74) is 1.13. The van der Waals surface area contributed by atoms with Crippen LogP contribution in [0.2, 0.25) is 5.02 Å². The van der Waals surface area contributed by atoms with Crippen LogP contribution in [0.15, 0.2) is 66.3 Å². The van der Waals surface area contributed by atoms with Crippen molar-refractivity contribution in [2.75, 3.05) is 17.7 Å².